The molecule has 3 nitrogen and oxygen atoms in total. The van der Waals surface area contributed by atoms with E-state index in [1.807, 2.05) is 18.2 Å². The predicted molar refractivity (Wildman–Crippen MR) is 189 cm³/mol. The Morgan fingerprint density at radius 3 is 1.89 bits per heavy atom. The zero-order valence-corrected chi connectivity index (χ0v) is 25.0. The van der Waals surface area contributed by atoms with Crippen LogP contribution in [0, 0.1) is 0 Å². The summed E-state index contributed by atoms with van der Waals surface area (Å²) in [4.78, 5) is 15.2. The molecule has 0 aliphatic rings. The molecule has 0 aliphatic carbocycles. The lowest BCUT2D eigenvalue weighted by molar-refractivity contribution is 1.08. The number of benzene rings is 7. The summed E-state index contributed by atoms with van der Waals surface area (Å²) in [6.07, 6.45) is 0. The molecule has 0 unspecified atom stereocenters. The van der Waals surface area contributed by atoms with Crippen molar-refractivity contribution >= 4 is 53.1 Å². The van der Waals surface area contributed by atoms with Crippen LogP contribution in [0.3, 0.4) is 0 Å². The van der Waals surface area contributed by atoms with Gasteiger partial charge in [0.05, 0.1) is 0 Å². The SMILES string of the molecule is c1ccc(-c2nc(-c3cccc(-c4ccc5c(ccc6ccccc65)c4)c3)nc(-c3cccc4sc5ccccc5c34)n2)cc1. The first kappa shape index (κ1) is 25.8. The average molecular weight is 592 g/mol. The summed E-state index contributed by atoms with van der Waals surface area (Å²) in [6, 6.07) is 53.4. The molecule has 0 amide bonds. The average Bonchev–Trinajstić information content (AvgIpc) is 3.50. The minimum Gasteiger partial charge on any atom is -0.208 e. The summed E-state index contributed by atoms with van der Waals surface area (Å²) in [5, 5.41) is 7.42. The first-order valence-electron chi connectivity index (χ1n) is 15.0. The van der Waals surface area contributed by atoms with Crippen molar-refractivity contribution in [1.29, 1.82) is 0 Å². The summed E-state index contributed by atoms with van der Waals surface area (Å²) in [7, 11) is 0. The third kappa shape index (κ3) is 4.46. The van der Waals surface area contributed by atoms with Gasteiger partial charge in [-0.1, -0.05) is 127 Å². The van der Waals surface area contributed by atoms with Crippen molar-refractivity contribution in [2.24, 2.45) is 0 Å². The molecule has 4 heteroatoms. The van der Waals surface area contributed by atoms with Gasteiger partial charge in [-0.25, -0.2) is 15.0 Å². The molecule has 0 aliphatic heterocycles. The largest absolute Gasteiger partial charge is 0.208 e. The van der Waals surface area contributed by atoms with E-state index in [1.165, 1.54) is 41.7 Å². The Hall–Kier alpha value is -5.71. The molecule has 2 aromatic heterocycles. The van der Waals surface area contributed by atoms with E-state index in [9.17, 15) is 0 Å². The van der Waals surface area contributed by atoms with Crippen LogP contribution in [0.1, 0.15) is 0 Å². The molecule has 0 radical (unpaired) electrons. The smallest absolute Gasteiger partial charge is 0.164 e. The number of rotatable bonds is 4. The highest BCUT2D eigenvalue weighted by atomic mass is 32.1. The van der Waals surface area contributed by atoms with Gasteiger partial charge < -0.3 is 0 Å². The molecule has 9 rings (SSSR count). The van der Waals surface area contributed by atoms with Gasteiger partial charge in [-0.3, -0.25) is 0 Å². The second kappa shape index (κ2) is 10.5. The standard InChI is InChI=1S/C41H25N3S/c1-2-11-27(12-3-1)39-42-40(44-41(43-39)35-17-9-19-37-38(35)34-16-6-7-18-36(34)45-37)31-14-8-13-28(25-31)29-22-23-33-30(24-29)21-20-26-10-4-5-15-32(26)33/h1-25H. The molecule has 0 N–H and O–H groups in total. The Labute approximate surface area is 264 Å². The number of thiophene rings is 1. The van der Waals surface area contributed by atoms with E-state index in [4.69, 9.17) is 15.0 Å². The van der Waals surface area contributed by atoms with Crippen molar-refractivity contribution in [3.8, 4) is 45.3 Å². The van der Waals surface area contributed by atoms with Crippen LogP contribution in [-0.2, 0) is 0 Å². The van der Waals surface area contributed by atoms with E-state index in [2.05, 4.69) is 133 Å². The van der Waals surface area contributed by atoms with Gasteiger partial charge in [0.25, 0.3) is 0 Å². The normalized spacial score (nSPS) is 11.6. The van der Waals surface area contributed by atoms with Gasteiger partial charge >= 0.3 is 0 Å². The van der Waals surface area contributed by atoms with Gasteiger partial charge in [0.2, 0.25) is 0 Å². The maximum absolute atomic E-state index is 5.14. The van der Waals surface area contributed by atoms with E-state index in [1.54, 1.807) is 11.3 Å². The van der Waals surface area contributed by atoms with Crippen molar-refractivity contribution in [3.63, 3.8) is 0 Å². The minimum absolute atomic E-state index is 0.657. The van der Waals surface area contributed by atoms with Crippen molar-refractivity contribution in [1.82, 2.24) is 15.0 Å². The van der Waals surface area contributed by atoms with Gasteiger partial charge in [-0.2, -0.15) is 0 Å². The number of hydrogen-bond acceptors (Lipinski definition) is 4. The van der Waals surface area contributed by atoms with Gasteiger partial charge in [0.1, 0.15) is 0 Å². The summed E-state index contributed by atoms with van der Waals surface area (Å²) in [5.74, 6) is 2.00. The van der Waals surface area contributed by atoms with Crippen LogP contribution < -0.4 is 0 Å². The van der Waals surface area contributed by atoms with Gasteiger partial charge in [-0.05, 0) is 56.9 Å². The molecule has 0 fully saturated rings. The summed E-state index contributed by atoms with van der Waals surface area (Å²) in [6.45, 7) is 0. The maximum atomic E-state index is 5.14. The van der Waals surface area contributed by atoms with E-state index < -0.39 is 0 Å². The number of aromatic nitrogens is 3. The Balaban J connectivity index is 1.21. The van der Waals surface area contributed by atoms with Gasteiger partial charge in [0.15, 0.2) is 17.5 Å². The second-order valence-corrected chi connectivity index (χ2v) is 12.3. The zero-order chi connectivity index (χ0) is 29.7. The molecule has 9 aromatic rings. The van der Waals surface area contributed by atoms with Crippen LogP contribution in [0.15, 0.2) is 152 Å². The summed E-state index contributed by atoms with van der Waals surface area (Å²) < 4.78 is 2.48. The van der Waals surface area contributed by atoms with E-state index >= 15 is 0 Å². The predicted octanol–water partition coefficient (Wildman–Crippen LogP) is 11.2. The van der Waals surface area contributed by atoms with Crippen molar-refractivity contribution in [3.05, 3.63) is 152 Å². The number of nitrogens with zero attached hydrogens (tertiary/aromatic N) is 3. The van der Waals surface area contributed by atoms with Gasteiger partial charge in [0, 0.05) is 36.9 Å². The molecule has 45 heavy (non-hydrogen) atoms. The quantitative estimate of drug-likeness (QED) is 0.191. The van der Waals surface area contributed by atoms with Crippen LogP contribution in [0.2, 0.25) is 0 Å². The second-order valence-electron chi connectivity index (χ2n) is 11.3. The maximum Gasteiger partial charge on any atom is 0.164 e. The van der Waals surface area contributed by atoms with Crippen LogP contribution in [0.5, 0.6) is 0 Å². The fourth-order valence-electron chi connectivity index (χ4n) is 6.33. The topological polar surface area (TPSA) is 38.7 Å². The third-order valence-electron chi connectivity index (χ3n) is 8.51. The molecule has 0 bridgehead atoms. The summed E-state index contributed by atoms with van der Waals surface area (Å²) >= 11 is 1.80. The Bertz CT molecular complexity index is 2550. The fourth-order valence-corrected chi connectivity index (χ4v) is 7.47. The molecule has 0 spiro atoms. The molecular weight excluding hydrogens is 567 g/mol. The lowest BCUT2D eigenvalue weighted by atomic mass is 9.96. The van der Waals surface area contributed by atoms with Crippen molar-refractivity contribution < 1.29 is 0 Å². The highest BCUT2D eigenvalue weighted by Gasteiger charge is 2.17. The molecule has 2 heterocycles. The third-order valence-corrected chi connectivity index (χ3v) is 9.65. The minimum atomic E-state index is 0.657. The highest BCUT2D eigenvalue weighted by molar-refractivity contribution is 7.25. The molecule has 0 atom stereocenters. The molecule has 7 aromatic carbocycles. The van der Waals surface area contributed by atoms with E-state index in [0.717, 1.165) is 27.8 Å². The Morgan fingerprint density at radius 1 is 0.356 bits per heavy atom. The zero-order valence-electron chi connectivity index (χ0n) is 24.2. The Morgan fingerprint density at radius 2 is 0.978 bits per heavy atom. The van der Waals surface area contributed by atoms with E-state index in [0.29, 0.717) is 17.5 Å². The van der Waals surface area contributed by atoms with E-state index in [-0.39, 0.29) is 0 Å². The van der Waals surface area contributed by atoms with Crippen LogP contribution >= 0.6 is 11.3 Å². The number of hydrogen-bond donors (Lipinski definition) is 0. The molecule has 210 valence electrons. The summed E-state index contributed by atoms with van der Waals surface area (Å²) in [5.41, 5.74) is 5.21. The molecule has 0 saturated carbocycles. The first-order valence-corrected chi connectivity index (χ1v) is 15.8. The van der Waals surface area contributed by atoms with Crippen LogP contribution in [-0.4, -0.2) is 15.0 Å². The fraction of sp³-hybridized carbons (Fsp3) is 0. The van der Waals surface area contributed by atoms with Crippen LogP contribution in [0.4, 0.5) is 0 Å². The van der Waals surface area contributed by atoms with Crippen molar-refractivity contribution in [2.75, 3.05) is 0 Å². The van der Waals surface area contributed by atoms with Gasteiger partial charge in [-0.15, -0.1) is 11.3 Å². The lowest BCUT2D eigenvalue weighted by Gasteiger charge is -2.11. The first-order chi connectivity index (χ1) is 22.3. The van der Waals surface area contributed by atoms with Crippen molar-refractivity contribution in [2.45, 2.75) is 0 Å². The van der Waals surface area contributed by atoms with Crippen LogP contribution in [0.25, 0.3) is 87.0 Å². The lowest BCUT2D eigenvalue weighted by Crippen LogP contribution is -2.00. The number of fused-ring (bicyclic) bond motifs is 6. The molecular formula is C41H25N3S. The molecule has 0 saturated heterocycles. The highest BCUT2D eigenvalue weighted by Crippen LogP contribution is 2.40. The monoisotopic (exact) mass is 591 g/mol. The Kier molecular flexibility index (Phi) is 6.00.